The van der Waals surface area contributed by atoms with Gasteiger partial charge in [-0.05, 0) is 30.5 Å². The minimum Gasteiger partial charge on any atom is -0.496 e. The Morgan fingerprint density at radius 1 is 1.04 bits per heavy atom. The molecule has 0 bridgehead atoms. The zero-order chi connectivity index (χ0) is 18.9. The lowest BCUT2D eigenvalue weighted by molar-refractivity contribution is 0.410. The largest absolute Gasteiger partial charge is 0.496 e. The summed E-state index contributed by atoms with van der Waals surface area (Å²) in [4.78, 5) is 6.73. The van der Waals surface area contributed by atoms with E-state index in [4.69, 9.17) is 4.74 Å². The van der Waals surface area contributed by atoms with Crippen LogP contribution in [-0.2, 0) is 13.0 Å². The summed E-state index contributed by atoms with van der Waals surface area (Å²) in [5, 5.41) is 11.7. The molecule has 140 valence electrons. The van der Waals surface area contributed by atoms with Crippen molar-refractivity contribution in [1.29, 1.82) is 0 Å². The van der Waals surface area contributed by atoms with Crippen molar-refractivity contribution in [3.8, 4) is 5.75 Å². The van der Waals surface area contributed by atoms with Crippen LogP contribution in [0, 0.1) is 0 Å². The number of nitrogens with one attached hydrogen (secondary N) is 1. The van der Waals surface area contributed by atoms with Gasteiger partial charge in [0.05, 0.1) is 13.3 Å². The van der Waals surface area contributed by atoms with Gasteiger partial charge in [-0.15, -0.1) is 5.10 Å². The Hall–Kier alpha value is -3.15. The van der Waals surface area contributed by atoms with Gasteiger partial charge in [-0.2, -0.15) is 10.1 Å². The highest BCUT2D eigenvalue weighted by Crippen LogP contribution is 2.18. The topological polar surface area (TPSA) is 63.2 Å². The fourth-order valence-corrected chi connectivity index (χ4v) is 2.88. The third-order valence-corrected chi connectivity index (χ3v) is 4.32. The minimum absolute atomic E-state index is 0.628. The second-order valence-electron chi connectivity index (χ2n) is 6.13. The maximum absolute atomic E-state index is 5.40. The third kappa shape index (κ3) is 5.17. The van der Waals surface area contributed by atoms with Gasteiger partial charge in [0.2, 0.25) is 5.95 Å². The standard InChI is InChI=1S/C21H25N5O/c1-3-26(16-17-9-5-4-6-10-17)21-24-20(15-23-25-21)22-14-13-18-11-7-8-12-19(18)27-2/h4-12,15H,3,13-14,16H2,1-2H3,(H,22,24,25). The van der Waals surface area contributed by atoms with E-state index in [0.717, 1.165) is 43.2 Å². The Bertz CT molecular complexity index is 841. The van der Waals surface area contributed by atoms with Crippen LogP contribution in [0.4, 0.5) is 11.8 Å². The predicted octanol–water partition coefficient (Wildman–Crippen LogP) is 3.56. The lowest BCUT2D eigenvalue weighted by Crippen LogP contribution is -2.25. The van der Waals surface area contributed by atoms with Crippen molar-refractivity contribution in [1.82, 2.24) is 15.2 Å². The summed E-state index contributed by atoms with van der Waals surface area (Å²) in [6, 6.07) is 18.3. The SMILES string of the molecule is CCN(Cc1ccccc1)c1nncc(NCCc2ccccc2OC)n1. The number of anilines is 2. The molecule has 0 aliphatic carbocycles. The molecule has 6 heteroatoms. The summed E-state index contributed by atoms with van der Waals surface area (Å²) >= 11 is 0. The first-order chi connectivity index (χ1) is 13.3. The van der Waals surface area contributed by atoms with Crippen molar-refractivity contribution in [2.45, 2.75) is 19.9 Å². The summed E-state index contributed by atoms with van der Waals surface area (Å²) in [5.41, 5.74) is 2.38. The molecule has 2 aromatic carbocycles. The number of rotatable bonds is 9. The number of hydrogen-bond acceptors (Lipinski definition) is 6. The maximum atomic E-state index is 5.40. The molecule has 6 nitrogen and oxygen atoms in total. The van der Waals surface area contributed by atoms with Gasteiger partial charge in [0.1, 0.15) is 5.75 Å². The van der Waals surface area contributed by atoms with Gasteiger partial charge in [-0.1, -0.05) is 48.5 Å². The van der Waals surface area contributed by atoms with Crippen LogP contribution in [0.15, 0.2) is 60.8 Å². The Balaban J connectivity index is 1.62. The van der Waals surface area contributed by atoms with Gasteiger partial charge in [0.15, 0.2) is 5.82 Å². The van der Waals surface area contributed by atoms with Crippen molar-refractivity contribution in [3.63, 3.8) is 0 Å². The van der Waals surface area contributed by atoms with E-state index in [9.17, 15) is 0 Å². The highest BCUT2D eigenvalue weighted by atomic mass is 16.5. The molecule has 0 amide bonds. The Kier molecular flexibility index (Phi) is 6.57. The molecule has 0 aliphatic heterocycles. The molecule has 0 radical (unpaired) electrons. The first kappa shape index (κ1) is 18.6. The summed E-state index contributed by atoms with van der Waals surface area (Å²) in [7, 11) is 1.69. The van der Waals surface area contributed by atoms with E-state index >= 15 is 0 Å². The first-order valence-corrected chi connectivity index (χ1v) is 9.14. The summed E-state index contributed by atoms with van der Waals surface area (Å²) in [6.07, 6.45) is 2.49. The molecule has 1 aromatic heterocycles. The van der Waals surface area contributed by atoms with E-state index in [1.807, 2.05) is 36.4 Å². The second-order valence-corrected chi connectivity index (χ2v) is 6.13. The number of benzene rings is 2. The smallest absolute Gasteiger partial charge is 0.247 e. The van der Waals surface area contributed by atoms with Crippen molar-refractivity contribution >= 4 is 11.8 Å². The summed E-state index contributed by atoms with van der Waals surface area (Å²) in [5.74, 6) is 2.26. The van der Waals surface area contributed by atoms with Crippen LogP contribution < -0.4 is 15.0 Å². The van der Waals surface area contributed by atoms with E-state index in [1.165, 1.54) is 5.56 Å². The molecule has 0 spiro atoms. The van der Waals surface area contributed by atoms with Crippen molar-refractivity contribution in [2.24, 2.45) is 0 Å². The maximum Gasteiger partial charge on any atom is 0.247 e. The highest BCUT2D eigenvalue weighted by Gasteiger charge is 2.10. The Labute approximate surface area is 160 Å². The fourth-order valence-electron chi connectivity index (χ4n) is 2.88. The molecule has 0 aliphatic rings. The molecule has 0 saturated carbocycles. The molecule has 3 aromatic rings. The predicted molar refractivity (Wildman–Crippen MR) is 108 cm³/mol. The molecule has 0 saturated heterocycles. The van der Waals surface area contributed by atoms with E-state index in [1.54, 1.807) is 13.3 Å². The van der Waals surface area contributed by atoms with Gasteiger partial charge < -0.3 is 15.0 Å². The van der Waals surface area contributed by atoms with Gasteiger partial charge in [0.25, 0.3) is 0 Å². The average molecular weight is 363 g/mol. The first-order valence-electron chi connectivity index (χ1n) is 9.14. The van der Waals surface area contributed by atoms with Crippen LogP contribution in [0.5, 0.6) is 5.75 Å². The quantitative estimate of drug-likeness (QED) is 0.627. The fraction of sp³-hybridized carbons (Fsp3) is 0.286. The van der Waals surface area contributed by atoms with Crippen LogP contribution in [0.25, 0.3) is 0 Å². The summed E-state index contributed by atoms with van der Waals surface area (Å²) in [6.45, 7) is 4.39. The van der Waals surface area contributed by atoms with Gasteiger partial charge in [-0.25, -0.2) is 0 Å². The molecular weight excluding hydrogens is 338 g/mol. The van der Waals surface area contributed by atoms with Gasteiger partial charge in [0, 0.05) is 19.6 Å². The highest BCUT2D eigenvalue weighted by molar-refractivity contribution is 5.40. The summed E-state index contributed by atoms with van der Waals surface area (Å²) < 4.78 is 5.40. The number of ether oxygens (including phenoxy) is 1. The molecular formula is C21H25N5O. The zero-order valence-corrected chi connectivity index (χ0v) is 15.8. The normalized spacial score (nSPS) is 10.4. The number of hydrogen-bond donors (Lipinski definition) is 1. The van der Waals surface area contributed by atoms with E-state index < -0.39 is 0 Å². The molecule has 0 unspecified atom stereocenters. The van der Waals surface area contributed by atoms with Crippen molar-refractivity contribution < 1.29 is 4.74 Å². The molecule has 27 heavy (non-hydrogen) atoms. The molecule has 0 fully saturated rings. The van der Waals surface area contributed by atoms with E-state index in [2.05, 4.69) is 50.5 Å². The van der Waals surface area contributed by atoms with Crippen LogP contribution >= 0.6 is 0 Å². The molecule has 3 rings (SSSR count). The zero-order valence-electron chi connectivity index (χ0n) is 15.8. The average Bonchev–Trinajstić information content (AvgIpc) is 2.73. The van der Waals surface area contributed by atoms with Gasteiger partial charge in [-0.3, -0.25) is 0 Å². The lowest BCUT2D eigenvalue weighted by Gasteiger charge is -2.20. The van der Waals surface area contributed by atoms with Crippen LogP contribution in [0.3, 0.4) is 0 Å². The number of nitrogens with zero attached hydrogens (tertiary/aromatic N) is 4. The van der Waals surface area contributed by atoms with Gasteiger partial charge >= 0.3 is 0 Å². The third-order valence-electron chi connectivity index (χ3n) is 4.32. The van der Waals surface area contributed by atoms with Crippen LogP contribution in [0.2, 0.25) is 0 Å². The van der Waals surface area contributed by atoms with Crippen LogP contribution in [0.1, 0.15) is 18.1 Å². The second kappa shape index (κ2) is 9.52. The molecule has 1 N–H and O–H groups in total. The number of para-hydroxylation sites is 1. The van der Waals surface area contributed by atoms with E-state index in [-0.39, 0.29) is 0 Å². The minimum atomic E-state index is 0.628. The lowest BCUT2D eigenvalue weighted by atomic mass is 10.1. The number of aromatic nitrogens is 3. The van der Waals surface area contributed by atoms with Crippen molar-refractivity contribution in [3.05, 3.63) is 71.9 Å². The Morgan fingerprint density at radius 3 is 2.59 bits per heavy atom. The monoisotopic (exact) mass is 363 g/mol. The Morgan fingerprint density at radius 2 is 1.81 bits per heavy atom. The number of methoxy groups -OCH3 is 1. The molecule has 0 atom stereocenters. The molecule has 1 heterocycles. The van der Waals surface area contributed by atoms with Crippen LogP contribution in [-0.4, -0.2) is 35.4 Å². The van der Waals surface area contributed by atoms with Crippen molar-refractivity contribution in [2.75, 3.05) is 30.4 Å². The van der Waals surface area contributed by atoms with E-state index in [0.29, 0.717) is 5.95 Å².